The summed E-state index contributed by atoms with van der Waals surface area (Å²) in [5.74, 6) is 0.866. The van der Waals surface area contributed by atoms with E-state index in [1.54, 1.807) is 11.8 Å². The average molecular weight is 356 g/mol. The molecule has 0 amide bonds. The van der Waals surface area contributed by atoms with Crippen LogP contribution in [0.5, 0.6) is 0 Å². The van der Waals surface area contributed by atoms with Gasteiger partial charge in [-0.3, -0.25) is 0 Å². The van der Waals surface area contributed by atoms with Gasteiger partial charge in [0.15, 0.2) is 0 Å². The predicted octanol–water partition coefficient (Wildman–Crippen LogP) is 2.73. The highest BCUT2D eigenvalue weighted by Crippen LogP contribution is 2.21. The molecule has 2 aromatic rings. The summed E-state index contributed by atoms with van der Waals surface area (Å²) >= 11 is 5.09. The Bertz CT molecular complexity index is 526. The first-order valence-electron chi connectivity index (χ1n) is 6.52. The molecule has 1 heterocycles. The Kier molecular flexibility index (Phi) is 6.00. The van der Waals surface area contributed by atoms with E-state index in [4.69, 9.17) is 0 Å². The third-order valence-electron chi connectivity index (χ3n) is 2.66. The zero-order valence-corrected chi connectivity index (χ0v) is 14.0. The zero-order valence-electron chi connectivity index (χ0n) is 11.6. The number of hydrogen-bond acceptors (Lipinski definition) is 5. The molecule has 0 aliphatic heterocycles. The van der Waals surface area contributed by atoms with E-state index in [1.807, 2.05) is 16.8 Å². The highest BCUT2D eigenvalue weighted by Gasteiger charge is 2.07. The summed E-state index contributed by atoms with van der Waals surface area (Å²) in [5, 5.41) is 16.1. The number of rotatable bonds is 7. The zero-order chi connectivity index (χ0) is 14.4. The van der Waals surface area contributed by atoms with Crippen molar-refractivity contribution in [3.8, 4) is 0 Å². The second-order valence-electron chi connectivity index (χ2n) is 4.71. The van der Waals surface area contributed by atoms with E-state index >= 15 is 0 Å². The van der Waals surface area contributed by atoms with Gasteiger partial charge in [0.2, 0.25) is 5.16 Å². The summed E-state index contributed by atoms with van der Waals surface area (Å²) in [4.78, 5) is 0. The number of hydrogen-bond donors (Lipinski definition) is 1. The normalized spacial score (nSPS) is 11.2. The molecule has 1 N–H and O–H groups in total. The Morgan fingerprint density at radius 1 is 1.30 bits per heavy atom. The van der Waals surface area contributed by atoms with Gasteiger partial charge in [-0.25, -0.2) is 4.68 Å². The first-order valence-corrected chi connectivity index (χ1v) is 8.30. The SMILES string of the molecule is CC(C)NCCn1nnnc1SCc1ccc(Br)cc1. The first-order chi connectivity index (χ1) is 9.65. The molecule has 0 fully saturated rings. The molecule has 0 saturated carbocycles. The molecule has 7 heteroatoms. The number of nitrogens with zero attached hydrogens (tertiary/aromatic N) is 4. The minimum atomic E-state index is 0.477. The Hall–Kier alpha value is -0.920. The van der Waals surface area contributed by atoms with Gasteiger partial charge in [0.1, 0.15) is 0 Å². The van der Waals surface area contributed by atoms with Crippen LogP contribution in [-0.2, 0) is 12.3 Å². The molecule has 0 saturated heterocycles. The van der Waals surface area contributed by atoms with Crippen molar-refractivity contribution in [1.29, 1.82) is 0 Å². The van der Waals surface area contributed by atoms with Gasteiger partial charge in [-0.05, 0) is 28.1 Å². The molecule has 0 spiro atoms. The van der Waals surface area contributed by atoms with Gasteiger partial charge in [0.05, 0.1) is 6.54 Å². The van der Waals surface area contributed by atoms with E-state index in [9.17, 15) is 0 Å². The largest absolute Gasteiger partial charge is 0.313 e. The molecule has 20 heavy (non-hydrogen) atoms. The summed E-state index contributed by atoms with van der Waals surface area (Å²) in [6, 6.07) is 8.78. The van der Waals surface area contributed by atoms with Gasteiger partial charge in [-0.2, -0.15) is 0 Å². The van der Waals surface area contributed by atoms with Crippen molar-refractivity contribution >= 4 is 27.7 Å². The fraction of sp³-hybridized carbons (Fsp3) is 0.462. The lowest BCUT2D eigenvalue weighted by Crippen LogP contribution is -2.27. The Balaban J connectivity index is 1.86. The van der Waals surface area contributed by atoms with Crippen LogP contribution in [0.3, 0.4) is 0 Å². The van der Waals surface area contributed by atoms with Crippen molar-refractivity contribution in [2.24, 2.45) is 0 Å². The molecule has 1 aromatic carbocycles. The fourth-order valence-corrected chi connectivity index (χ4v) is 2.75. The van der Waals surface area contributed by atoms with Crippen molar-refractivity contribution < 1.29 is 0 Å². The molecule has 2 rings (SSSR count). The molecule has 5 nitrogen and oxygen atoms in total. The molecule has 0 atom stereocenters. The molecule has 1 aromatic heterocycles. The minimum Gasteiger partial charge on any atom is -0.313 e. The van der Waals surface area contributed by atoms with Crippen LogP contribution in [0.2, 0.25) is 0 Å². The van der Waals surface area contributed by atoms with Crippen molar-refractivity contribution in [2.75, 3.05) is 6.54 Å². The minimum absolute atomic E-state index is 0.477. The maximum atomic E-state index is 4.07. The van der Waals surface area contributed by atoms with Crippen LogP contribution in [0.25, 0.3) is 0 Å². The third-order valence-corrected chi connectivity index (χ3v) is 4.21. The number of nitrogens with one attached hydrogen (secondary N) is 1. The van der Waals surface area contributed by atoms with Crippen LogP contribution < -0.4 is 5.32 Å². The van der Waals surface area contributed by atoms with Crippen LogP contribution in [0, 0.1) is 0 Å². The van der Waals surface area contributed by atoms with E-state index in [0.29, 0.717) is 6.04 Å². The van der Waals surface area contributed by atoms with Crippen molar-refractivity contribution in [1.82, 2.24) is 25.5 Å². The highest BCUT2D eigenvalue weighted by molar-refractivity contribution is 9.10. The number of tetrazole rings is 1. The Morgan fingerprint density at radius 2 is 2.05 bits per heavy atom. The van der Waals surface area contributed by atoms with Crippen LogP contribution in [0.15, 0.2) is 33.9 Å². The summed E-state index contributed by atoms with van der Waals surface area (Å²) in [7, 11) is 0. The molecule has 108 valence electrons. The topological polar surface area (TPSA) is 55.6 Å². The van der Waals surface area contributed by atoms with Crippen molar-refractivity contribution in [3.63, 3.8) is 0 Å². The number of thioether (sulfide) groups is 1. The lowest BCUT2D eigenvalue weighted by molar-refractivity contribution is 0.485. The average Bonchev–Trinajstić information content (AvgIpc) is 2.85. The van der Waals surface area contributed by atoms with Gasteiger partial charge in [0.25, 0.3) is 0 Å². The highest BCUT2D eigenvalue weighted by atomic mass is 79.9. The number of aromatic nitrogens is 4. The molecule has 0 radical (unpaired) electrons. The molecular weight excluding hydrogens is 338 g/mol. The summed E-state index contributed by atoms with van der Waals surface area (Å²) in [6.07, 6.45) is 0. The second-order valence-corrected chi connectivity index (χ2v) is 6.57. The number of benzene rings is 1. The lowest BCUT2D eigenvalue weighted by atomic mass is 10.2. The Morgan fingerprint density at radius 3 is 2.75 bits per heavy atom. The van der Waals surface area contributed by atoms with Crippen LogP contribution in [-0.4, -0.2) is 32.8 Å². The Labute approximate surface area is 131 Å². The molecule has 0 unspecified atom stereocenters. The smallest absolute Gasteiger partial charge is 0.209 e. The predicted molar refractivity (Wildman–Crippen MR) is 84.7 cm³/mol. The first kappa shape index (κ1) is 15.5. The molecule has 0 bridgehead atoms. The van der Waals surface area contributed by atoms with E-state index in [2.05, 4.69) is 62.8 Å². The van der Waals surface area contributed by atoms with Gasteiger partial charge in [-0.15, -0.1) is 5.10 Å². The van der Waals surface area contributed by atoms with Gasteiger partial charge in [-0.1, -0.05) is 53.7 Å². The summed E-state index contributed by atoms with van der Waals surface area (Å²) in [6.45, 7) is 5.91. The van der Waals surface area contributed by atoms with Gasteiger partial charge < -0.3 is 5.32 Å². The van der Waals surface area contributed by atoms with Crippen molar-refractivity contribution in [3.05, 3.63) is 34.3 Å². The monoisotopic (exact) mass is 355 g/mol. The van der Waals surface area contributed by atoms with Gasteiger partial charge in [0, 0.05) is 22.8 Å². The number of halogens is 1. The van der Waals surface area contributed by atoms with E-state index in [1.165, 1.54) is 5.56 Å². The molecular formula is C13H18BrN5S. The fourth-order valence-electron chi connectivity index (χ4n) is 1.63. The summed E-state index contributed by atoms with van der Waals surface area (Å²) in [5.41, 5.74) is 1.26. The van der Waals surface area contributed by atoms with E-state index in [-0.39, 0.29) is 0 Å². The van der Waals surface area contributed by atoms with E-state index in [0.717, 1.165) is 28.5 Å². The quantitative estimate of drug-likeness (QED) is 0.773. The maximum Gasteiger partial charge on any atom is 0.209 e. The summed E-state index contributed by atoms with van der Waals surface area (Å²) < 4.78 is 2.94. The van der Waals surface area contributed by atoms with Crippen LogP contribution >= 0.6 is 27.7 Å². The third kappa shape index (κ3) is 4.88. The molecule has 0 aliphatic rings. The molecule has 0 aliphatic carbocycles. The van der Waals surface area contributed by atoms with Crippen LogP contribution in [0.1, 0.15) is 19.4 Å². The maximum absolute atomic E-state index is 4.07. The lowest BCUT2D eigenvalue weighted by Gasteiger charge is -2.08. The van der Waals surface area contributed by atoms with Crippen molar-refractivity contribution in [2.45, 2.75) is 37.3 Å². The van der Waals surface area contributed by atoms with E-state index < -0.39 is 0 Å². The standard InChI is InChI=1S/C13H18BrN5S/c1-10(2)15-7-8-19-13(16-17-18-19)20-9-11-3-5-12(14)6-4-11/h3-6,10,15H,7-9H2,1-2H3. The van der Waals surface area contributed by atoms with Crippen LogP contribution in [0.4, 0.5) is 0 Å². The van der Waals surface area contributed by atoms with Gasteiger partial charge >= 0.3 is 0 Å². The second kappa shape index (κ2) is 7.75.